The summed E-state index contributed by atoms with van der Waals surface area (Å²) >= 11 is 0. The molecule has 0 spiro atoms. The molecule has 1 atom stereocenters. The zero-order chi connectivity index (χ0) is 16.9. The largest absolute Gasteiger partial charge is 0.496 e. The van der Waals surface area contributed by atoms with Crippen molar-refractivity contribution < 1.29 is 19.1 Å². The number of methoxy groups -OCH3 is 1. The van der Waals surface area contributed by atoms with Crippen LogP contribution in [0.4, 0.5) is 4.79 Å². The second-order valence-electron chi connectivity index (χ2n) is 5.90. The van der Waals surface area contributed by atoms with Crippen molar-refractivity contribution in [1.82, 2.24) is 5.32 Å². The lowest BCUT2D eigenvalue weighted by atomic mass is 9.96. The number of amides is 1. The summed E-state index contributed by atoms with van der Waals surface area (Å²) in [5, 5.41) is 2.68. The number of carbonyl (C=O) groups excluding carboxylic acids is 2. The minimum atomic E-state index is -0.705. The Balaban J connectivity index is 3.12. The highest BCUT2D eigenvalue weighted by atomic mass is 16.6. The van der Waals surface area contributed by atoms with Gasteiger partial charge in [0, 0.05) is 11.1 Å². The lowest BCUT2D eigenvalue weighted by molar-refractivity contribution is -0.113. The summed E-state index contributed by atoms with van der Waals surface area (Å²) in [4.78, 5) is 23.7. The SMILES string of the molecule is C=C(C(C)=O)C(NC(=O)OC(C)(C)C)c1ccccc1OC. The minimum Gasteiger partial charge on any atom is -0.496 e. The Morgan fingerprint density at radius 3 is 2.32 bits per heavy atom. The lowest BCUT2D eigenvalue weighted by Crippen LogP contribution is -2.36. The van der Waals surface area contributed by atoms with Gasteiger partial charge in [-0.2, -0.15) is 0 Å². The first-order valence-corrected chi connectivity index (χ1v) is 6.98. The molecule has 1 unspecified atom stereocenters. The Morgan fingerprint density at radius 2 is 1.82 bits per heavy atom. The van der Waals surface area contributed by atoms with E-state index in [0.29, 0.717) is 11.3 Å². The van der Waals surface area contributed by atoms with E-state index in [1.165, 1.54) is 14.0 Å². The number of carbonyl (C=O) groups is 2. The van der Waals surface area contributed by atoms with Crippen molar-refractivity contribution in [3.8, 4) is 5.75 Å². The van der Waals surface area contributed by atoms with Gasteiger partial charge in [-0.1, -0.05) is 24.8 Å². The van der Waals surface area contributed by atoms with Crippen LogP contribution in [0.25, 0.3) is 0 Å². The van der Waals surface area contributed by atoms with Crippen molar-refractivity contribution in [3.63, 3.8) is 0 Å². The predicted molar refractivity (Wildman–Crippen MR) is 84.9 cm³/mol. The molecule has 1 aromatic rings. The monoisotopic (exact) mass is 305 g/mol. The van der Waals surface area contributed by atoms with E-state index in [0.717, 1.165) is 0 Å². The number of hydrogen-bond donors (Lipinski definition) is 1. The fraction of sp³-hybridized carbons (Fsp3) is 0.412. The van der Waals surface area contributed by atoms with E-state index in [1.54, 1.807) is 39.0 Å². The molecule has 22 heavy (non-hydrogen) atoms. The van der Waals surface area contributed by atoms with Crippen molar-refractivity contribution in [2.45, 2.75) is 39.3 Å². The van der Waals surface area contributed by atoms with Gasteiger partial charge in [-0.15, -0.1) is 0 Å². The Labute approximate surface area is 131 Å². The first-order chi connectivity index (χ1) is 10.2. The molecule has 120 valence electrons. The van der Waals surface area contributed by atoms with Crippen LogP contribution in [-0.2, 0) is 9.53 Å². The fourth-order valence-corrected chi connectivity index (χ4v) is 1.89. The summed E-state index contributed by atoms with van der Waals surface area (Å²) in [6.45, 7) is 10.5. The first kappa shape index (κ1) is 17.8. The third-order valence-electron chi connectivity index (χ3n) is 2.91. The highest BCUT2D eigenvalue weighted by molar-refractivity contribution is 5.94. The molecule has 0 heterocycles. The molecular formula is C17H23NO4. The molecule has 0 bridgehead atoms. The van der Waals surface area contributed by atoms with Crippen LogP contribution in [0.5, 0.6) is 5.75 Å². The first-order valence-electron chi connectivity index (χ1n) is 6.98. The zero-order valence-electron chi connectivity index (χ0n) is 13.7. The normalized spacial score (nSPS) is 12.2. The molecule has 0 saturated carbocycles. The van der Waals surface area contributed by atoms with E-state index < -0.39 is 17.7 Å². The van der Waals surface area contributed by atoms with Crippen LogP contribution in [0.3, 0.4) is 0 Å². The van der Waals surface area contributed by atoms with E-state index in [2.05, 4.69) is 11.9 Å². The van der Waals surface area contributed by atoms with Gasteiger partial charge < -0.3 is 14.8 Å². The van der Waals surface area contributed by atoms with E-state index in [-0.39, 0.29) is 11.4 Å². The Bertz CT molecular complexity index is 572. The standard InChI is InChI=1S/C17H23NO4/c1-11(12(2)19)15(18-16(20)22-17(3,4)5)13-9-7-8-10-14(13)21-6/h7-10,15H,1H2,2-6H3,(H,18,20). The number of benzene rings is 1. The van der Waals surface area contributed by atoms with Crippen molar-refractivity contribution in [3.05, 3.63) is 42.0 Å². The van der Waals surface area contributed by atoms with Crippen LogP contribution in [0.15, 0.2) is 36.4 Å². The molecule has 1 N–H and O–H groups in total. The summed E-state index contributed by atoms with van der Waals surface area (Å²) in [7, 11) is 1.53. The van der Waals surface area contributed by atoms with Crippen LogP contribution >= 0.6 is 0 Å². The van der Waals surface area contributed by atoms with Gasteiger partial charge in [-0.05, 0) is 33.8 Å². The molecule has 0 aromatic heterocycles. The molecule has 5 heteroatoms. The molecule has 1 amide bonds. The second kappa shape index (κ2) is 7.11. The quantitative estimate of drug-likeness (QED) is 0.847. The van der Waals surface area contributed by atoms with Crippen LogP contribution in [-0.4, -0.2) is 24.6 Å². The van der Waals surface area contributed by atoms with E-state index >= 15 is 0 Å². The number of rotatable bonds is 5. The van der Waals surface area contributed by atoms with Crippen molar-refractivity contribution >= 4 is 11.9 Å². The predicted octanol–water partition coefficient (Wildman–Crippen LogP) is 3.41. The van der Waals surface area contributed by atoms with Gasteiger partial charge in [0.05, 0.1) is 13.2 Å². The Kier molecular flexibility index (Phi) is 5.74. The lowest BCUT2D eigenvalue weighted by Gasteiger charge is -2.25. The van der Waals surface area contributed by atoms with Gasteiger partial charge in [-0.25, -0.2) is 4.79 Å². The average molecular weight is 305 g/mol. The molecule has 1 rings (SSSR count). The van der Waals surface area contributed by atoms with Crippen molar-refractivity contribution in [2.24, 2.45) is 0 Å². The Morgan fingerprint density at radius 1 is 1.23 bits per heavy atom. The topological polar surface area (TPSA) is 64.6 Å². The second-order valence-corrected chi connectivity index (χ2v) is 5.90. The van der Waals surface area contributed by atoms with E-state index in [9.17, 15) is 9.59 Å². The number of nitrogens with one attached hydrogen (secondary N) is 1. The molecule has 0 aliphatic rings. The highest BCUT2D eigenvalue weighted by Gasteiger charge is 2.26. The molecule has 0 aliphatic heterocycles. The number of para-hydroxylation sites is 1. The number of Topliss-reactive ketones (excluding diaryl/α,β-unsaturated/α-hetero) is 1. The van der Waals surface area contributed by atoms with E-state index in [1.807, 2.05) is 6.07 Å². The van der Waals surface area contributed by atoms with Crippen LogP contribution in [0.1, 0.15) is 39.3 Å². The van der Waals surface area contributed by atoms with Crippen molar-refractivity contribution in [1.29, 1.82) is 0 Å². The number of ether oxygens (including phenoxy) is 2. The summed E-state index contributed by atoms with van der Waals surface area (Å²) in [5.74, 6) is 0.345. The molecule has 5 nitrogen and oxygen atoms in total. The summed E-state index contributed by atoms with van der Waals surface area (Å²) in [6.07, 6.45) is -0.620. The molecule has 1 aromatic carbocycles. The molecule has 0 fully saturated rings. The number of hydrogen-bond acceptors (Lipinski definition) is 4. The van der Waals surface area contributed by atoms with Gasteiger partial charge in [0.15, 0.2) is 5.78 Å². The summed E-state index contributed by atoms with van der Waals surface area (Å²) < 4.78 is 10.5. The van der Waals surface area contributed by atoms with E-state index in [4.69, 9.17) is 9.47 Å². The maximum Gasteiger partial charge on any atom is 0.408 e. The molecular weight excluding hydrogens is 282 g/mol. The minimum absolute atomic E-state index is 0.216. The third-order valence-corrected chi connectivity index (χ3v) is 2.91. The fourth-order valence-electron chi connectivity index (χ4n) is 1.89. The molecule has 0 radical (unpaired) electrons. The number of alkyl carbamates (subject to hydrolysis) is 1. The third kappa shape index (κ3) is 4.91. The smallest absolute Gasteiger partial charge is 0.408 e. The van der Waals surface area contributed by atoms with Gasteiger partial charge in [0.1, 0.15) is 11.4 Å². The van der Waals surface area contributed by atoms with Gasteiger partial charge in [0.2, 0.25) is 0 Å². The highest BCUT2D eigenvalue weighted by Crippen LogP contribution is 2.29. The number of ketones is 1. The zero-order valence-corrected chi connectivity index (χ0v) is 13.7. The van der Waals surface area contributed by atoms with Crippen LogP contribution in [0, 0.1) is 0 Å². The van der Waals surface area contributed by atoms with Crippen LogP contribution in [0.2, 0.25) is 0 Å². The molecule has 0 saturated heterocycles. The van der Waals surface area contributed by atoms with Gasteiger partial charge >= 0.3 is 6.09 Å². The Hall–Kier alpha value is -2.30. The summed E-state index contributed by atoms with van der Waals surface area (Å²) in [5.41, 5.74) is 0.277. The van der Waals surface area contributed by atoms with Gasteiger partial charge in [-0.3, -0.25) is 4.79 Å². The molecule has 0 aliphatic carbocycles. The summed E-state index contributed by atoms with van der Waals surface area (Å²) in [6, 6.07) is 6.43. The maximum absolute atomic E-state index is 12.0. The van der Waals surface area contributed by atoms with Crippen LogP contribution < -0.4 is 10.1 Å². The van der Waals surface area contributed by atoms with Gasteiger partial charge in [0.25, 0.3) is 0 Å². The maximum atomic E-state index is 12.0. The average Bonchev–Trinajstić information content (AvgIpc) is 2.42. The van der Waals surface area contributed by atoms with Crippen molar-refractivity contribution in [2.75, 3.05) is 7.11 Å².